The van der Waals surface area contributed by atoms with Gasteiger partial charge in [0.15, 0.2) is 0 Å². The molecule has 3 aromatic heterocycles. The molecule has 8 heteroatoms. The van der Waals surface area contributed by atoms with E-state index in [9.17, 15) is 5.21 Å². The molecule has 0 amide bonds. The van der Waals surface area contributed by atoms with E-state index in [0.29, 0.717) is 33.4 Å². The number of aryl methyl sites for hydroxylation is 1. The number of pyridine rings is 1. The number of hydrogen-bond donors (Lipinski definition) is 2. The molecule has 0 spiro atoms. The lowest BCUT2D eigenvalue weighted by Crippen LogP contribution is -2.37. The zero-order chi connectivity index (χ0) is 16.0. The fraction of sp³-hybridized carbons (Fsp3) is 0.214. The summed E-state index contributed by atoms with van der Waals surface area (Å²) in [5, 5.41) is 11.8. The topological polar surface area (TPSA) is 80.8 Å². The van der Waals surface area contributed by atoms with E-state index in [1.807, 2.05) is 30.7 Å². The van der Waals surface area contributed by atoms with Crippen LogP contribution in [0.5, 0.6) is 0 Å². The molecule has 0 atom stereocenters. The van der Waals surface area contributed by atoms with Gasteiger partial charge in [-0.25, -0.2) is 4.98 Å². The van der Waals surface area contributed by atoms with Crippen molar-refractivity contribution in [3.05, 3.63) is 45.5 Å². The predicted molar refractivity (Wildman–Crippen MR) is 84.4 cm³/mol. The van der Waals surface area contributed by atoms with Gasteiger partial charge in [-0.1, -0.05) is 23.2 Å². The first kappa shape index (κ1) is 14.9. The highest BCUT2D eigenvalue weighted by Crippen LogP contribution is 2.25. The van der Waals surface area contributed by atoms with Crippen molar-refractivity contribution in [2.24, 2.45) is 0 Å². The Morgan fingerprint density at radius 3 is 2.77 bits per heavy atom. The number of halogens is 2. The number of nitrogen functional groups attached to an aromatic ring is 1. The Hall–Kier alpha value is -2.05. The lowest BCUT2D eigenvalue weighted by Gasteiger charge is -2.07. The average Bonchev–Trinajstić information content (AvgIpc) is 2.84. The molecule has 0 unspecified atom stereocenters. The fourth-order valence-corrected chi connectivity index (χ4v) is 2.83. The van der Waals surface area contributed by atoms with Crippen LogP contribution in [0.2, 0.25) is 10.2 Å². The number of rotatable bonds is 2. The summed E-state index contributed by atoms with van der Waals surface area (Å²) in [6.07, 6.45) is 3.39. The van der Waals surface area contributed by atoms with Crippen molar-refractivity contribution in [3.8, 4) is 0 Å². The maximum absolute atomic E-state index is 10.1. The molecule has 22 heavy (non-hydrogen) atoms. The van der Waals surface area contributed by atoms with Crippen molar-refractivity contribution in [3.63, 3.8) is 0 Å². The average molecular weight is 339 g/mol. The van der Waals surface area contributed by atoms with E-state index in [2.05, 4.69) is 9.97 Å². The van der Waals surface area contributed by atoms with E-state index in [1.165, 1.54) is 0 Å². The van der Waals surface area contributed by atoms with Crippen LogP contribution < -0.4 is 10.5 Å². The summed E-state index contributed by atoms with van der Waals surface area (Å²) in [6, 6.07) is 1.81. The summed E-state index contributed by atoms with van der Waals surface area (Å²) in [5.74, 6) is 0.105. The molecule has 3 rings (SSSR count). The highest BCUT2D eigenvalue weighted by molar-refractivity contribution is 6.34. The maximum Gasteiger partial charge on any atom is 0.258 e. The zero-order valence-electron chi connectivity index (χ0n) is 12.0. The zero-order valence-corrected chi connectivity index (χ0v) is 13.5. The van der Waals surface area contributed by atoms with Gasteiger partial charge >= 0.3 is 0 Å². The molecule has 0 aliphatic rings. The predicted octanol–water partition coefficient (Wildman–Crippen LogP) is 2.51. The molecule has 0 aliphatic carbocycles. The van der Waals surface area contributed by atoms with Gasteiger partial charge in [0, 0.05) is 22.1 Å². The van der Waals surface area contributed by atoms with Gasteiger partial charge in [-0.3, -0.25) is 5.21 Å². The highest BCUT2D eigenvalue weighted by Gasteiger charge is 2.21. The maximum atomic E-state index is 10.1. The van der Waals surface area contributed by atoms with Gasteiger partial charge in [0.05, 0.1) is 10.4 Å². The number of hydrogen-bond acceptors (Lipinski definition) is 4. The summed E-state index contributed by atoms with van der Waals surface area (Å²) in [4.78, 5) is 8.14. The van der Waals surface area contributed by atoms with Gasteiger partial charge in [0.1, 0.15) is 17.3 Å². The van der Waals surface area contributed by atoms with Crippen LogP contribution in [0, 0.1) is 13.8 Å². The molecule has 3 heterocycles. The third kappa shape index (κ3) is 2.34. The molecule has 114 valence electrons. The van der Waals surface area contributed by atoms with Crippen LogP contribution in [0.4, 0.5) is 5.95 Å². The number of nitrogens with two attached hydrogens (primary N) is 1. The lowest BCUT2D eigenvalue weighted by atomic mass is 10.1. The van der Waals surface area contributed by atoms with Crippen molar-refractivity contribution >= 4 is 40.2 Å². The second-order valence-electron chi connectivity index (χ2n) is 5.10. The summed E-state index contributed by atoms with van der Waals surface area (Å²) >= 11 is 12.3. The third-order valence-corrected chi connectivity index (χ3v) is 4.48. The lowest BCUT2D eigenvalue weighted by molar-refractivity contribution is -0.910. The summed E-state index contributed by atoms with van der Waals surface area (Å²) in [5.41, 5.74) is 8.52. The van der Waals surface area contributed by atoms with E-state index in [1.54, 1.807) is 6.20 Å². The molecular weight excluding hydrogens is 325 g/mol. The normalized spacial score (nSPS) is 11.3. The molecule has 0 aromatic carbocycles. The third-order valence-electron chi connectivity index (χ3n) is 3.61. The van der Waals surface area contributed by atoms with Gasteiger partial charge in [0.25, 0.3) is 5.69 Å². The quantitative estimate of drug-likeness (QED) is 0.427. The molecular formula is C14H14Cl2N5O+. The molecule has 3 aromatic rings. The molecule has 3 N–H and O–H groups in total. The Kier molecular flexibility index (Phi) is 3.58. The Morgan fingerprint density at radius 1 is 1.32 bits per heavy atom. The Morgan fingerprint density at radius 2 is 2.05 bits per heavy atom. The fourth-order valence-electron chi connectivity index (χ4n) is 2.44. The van der Waals surface area contributed by atoms with Gasteiger partial charge < -0.3 is 10.3 Å². The van der Waals surface area contributed by atoms with Crippen LogP contribution >= 0.6 is 23.2 Å². The first-order chi connectivity index (χ1) is 10.4. The van der Waals surface area contributed by atoms with Crippen LogP contribution in [0.1, 0.15) is 16.8 Å². The second kappa shape index (κ2) is 5.30. The van der Waals surface area contributed by atoms with E-state index < -0.39 is 0 Å². The monoisotopic (exact) mass is 338 g/mol. The largest absolute Gasteiger partial charge is 0.368 e. The van der Waals surface area contributed by atoms with Crippen LogP contribution in [0.25, 0.3) is 11.0 Å². The molecule has 0 bridgehead atoms. The molecule has 0 radical (unpaired) electrons. The Balaban J connectivity index is 2.14. The van der Waals surface area contributed by atoms with Crippen LogP contribution in [-0.2, 0) is 6.54 Å². The number of anilines is 1. The van der Waals surface area contributed by atoms with E-state index in [0.717, 1.165) is 15.9 Å². The first-order valence-corrected chi connectivity index (χ1v) is 7.31. The van der Waals surface area contributed by atoms with Crippen LogP contribution in [0.3, 0.4) is 0 Å². The minimum Gasteiger partial charge on any atom is -0.368 e. The summed E-state index contributed by atoms with van der Waals surface area (Å²) < 4.78 is 2.91. The minimum absolute atomic E-state index is 0.105. The Labute approximate surface area is 136 Å². The SMILES string of the molecule is Cc1c[n+](O)c(Cn2ccc3c(Cl)nc(N)nc32)c(C)c1Cl. The molecule has 6 nitrogen and oxygen atoms in total. The van der Waals surface area contributed by atoms with Gasteiger partial charge in [-0.05, 0) is 19.9 Å². The van der Waals surface area contributed by atoms with Crippen molar-refractivity contribution < 1.29 is 9.94 Å². The standard InChI is InChI=1S/C14H14Cl2N5O/c1-7-5-21(22)10(8(2)11(7)15)6-20-4-3-9-12(16)18-14(17)19-13(9)20/h3-5,22H,6H2,1-2H3,(H2,17,18,19)/q+1. The number of aromatic nitrogens is 4. The number of nitrogens with zero attached hydrogens (tertiary/aromatic N) is 4. The van der Waals surface area contributed by atoms with Crippen molar-refractivity contribution in [2.75, 3.05) is 5.73 Å². The van der Waals surface area contributed by atoms with E-state index in [-0.39, 0.29) is 5.95 Å². The molecule has 0 saturated heterocycles. The van der Waals surface area contributed by atoms with Gasteiger partial charge in [0.2, 0.25) is 12.1 Å². The summed E-state index contributed by atoms with van der Waals surface area (Å²) in [7, 11) is 0. The Bertz CT molecular complexity index is 891. The summed E-state index contributed by atoms with van der Waals surface area (Å²) in [6.45, 7) is 4.07. The molecule has 0 saturated carbocycles. The minimum atomic E-state index is 0.105. The highest BCUT2D eigenvalue weighted by atomic mass is 35.5. The van der Waals surface area contributed by atoms with Crippen LogP contribution in [0.15, 0.2) is 18.5 Å². The van der Waals surface area contributed by atoms with E-state index in [4.69, 9.17) is 28.9 Å². The van der Waals surface area contributed by atoms with Crippen molar-refractivity contribution in [1.29, 1.82) is 0 Å². The number of fused-ring (bicyclic) bond motifs is 1. The second-order valence-corrected chi connectivity index (χ2v) is 5.83. The van der Waals surface area contributed by atoms with E-state index >= 15 is 0 Å². The van der Waals surface area contributed by atoms with Crippen molar-refractivity contribution in [2.45, 2.75) is 20.4 Å². The molecule has 0 aliphatic heterocycles. The first-order valence-electron chi connectivity index (χ1n) is 6.56. The van der Waals surface area contributed by atoms with Gasteiger partial charge in [-0.2, -0.15) is 4.98 Å². The molecule has 0 fully saturated rings. The van der Waals surface area contributed by atoms with Crippen LogP contribution in [-0.4, -0.2) is 19.7 Å². The van der Waals surface area contributed by atoms with Gasteiger partial charge in [-0.15, -0.1) is 0 Å². The smallest absolute Gasteiger partial charge is 0.258 e. The van der Waals surface area contributed by atoms with Crippen molar-refractivity contribution in [1.82, 2.24) is 14.5 Å².